The van der Waals surface area contributed by atoms with Crippen molar-refractivity contribution in [1.82, 2.24) is 0 Å². The summed E-state index contributed by atoms with van der Waals surface area (Å²) in [5, 5.41) is 19.5. The fourth-order valence-corrected chi connectivity index (χ4v) is 4.32. The van der Waals surface area contributed by atoms with Crippen LogP contribution in [0.15, 0.2) is 17.1 Å². The van der Waals surface area contributed by atoms with Crippen LogP contribution in [-0.4, -0.2) is 83.9 Å². The van der Waals surface area contributed by atoms with Crippen LogP contribution in [0.3, 0.4) is 0 Å². The molecule has 1 aliphatic rings. The summed E-state index contributed by atoms with van der Waals surface area (Å²) in [6.07, 6.45) is 10.6. The van der Waals surface area contributed by atoms with E-state index in [2.05, 4.69) is 24.1 Å². The number of amidine groups is 1. The van der Waals surface area contributed by atoms with E-state index in [1.165, 1.54) is 25.7 Å². The molecule has 1 heterocycles. The van der Waals surface area contributed by atoms with E-state index in [4.69, 9.17) is 0 Å². The van der Waals surface area contributed by atoms with Crippen LogP contribution in [0.2, 0.25) is 0 Å². The van der Waals surface area contributed by atoms with Crippen LogP contribution >= 0.6 is 0 Å². The molecule has 0 aromatic carbocycles. The van der Waals surface area contributed by atoms with Gasteiger partial charge in [-0.2, -0.15) is 0 Å². The second-order valence-corrected chi connectivity index (χ2v) is 9.17. The van der Waals surface area contributed by atoms with Crippen LogP contribution in [0.25, 0.3) is 0 Å². The third-order valence-electron chi connectivity index (χ3n) is 5.14. The molecule has 2 N–H and O–H groups in total. The zero-order chi connectivity index (χ0) is 21.8. The van der Waals surface area contributed by atoms with Crippen molar-refractivity contribution < 1.29 is 62.0 Å². The van der Waals surface area contributed by atoms with Crippen LogP contribution in [0, 0.1) is 0 Å². The van der Waals surface area contributed by atoms with Gasteiger partial charge in [0.05, 0.1) is 29.0 Å². The van der Waals surface area contributed by atoms with Gasteiger partial charge in [0.2, 0.25) is 5.78 Å². The largest absolute Gasteiger partial charge is 1.00 e. The minimum atomic E-state index is -4.58. The summed E-state index contributed by atoms with van der Waals surface area (Å²) in [5.41, 5.74) is 0. The number of carbonyl (C=O) groups is 1. The Kier molecular flexibility index (Phi) is 15.6. The predicted molar refractivity (Wildman–Crippen MR) is 112 cm³/mol. The van der Waals surface area contributed by atoms with E-state index in [9.17, 15) is 28.0 Å². The summed E-state index contributed by atoms with van der Waals surface area (Å²) < 4.78 is 32.7. The number of quaternary nitrogens is 1. The van der Waals surface area contributed by atoms with Crippen molar-refractivity contribution >= 4 is 21.7 Å². The van der Waals surface area contributed by atoms with Crippen LogP contribution in [-0.2, 0) is 14.9 Å². The van der Waals surface area contributed by atoms with E-state index in [-0.39, 0.29) is 65.4 Å². The van der Waals surface area contributed by atoms with Gasteiger partial charge in [-0.15, -0.1) is 0 Å². The van der Waals surface area contributed by atoms with Gasteiger partial charge >= 0.3 is 29.6 Å². The second-order valence-electron chi connectivity index (χ2n) is 7.72. The summed E-state index contributed by atoms with van der Waals surface area (Å²) in [5.74, 6) is -0.794. The molecule has 0 aliphatic carbocycles. The number of ketones is 1. The average Bonchev–Trinajstić information content (AvgIpc) is 3.01. The zero-order valence-electron chi connectivity index (χ0n) is 18.5. The maximum atomic E-state index is 12.7. The van der Waals surface area contributed by atoms with Gasteiger partial charge in [-0.3, -0.25) is 9.28 Å². The molecule has 0 saturated heterocycles. The molecule has 30 heavy (non-hydrogen) atoms. The molecule has 0 aromatic rings. The second kappa shape index (κ2) is 15.6. The Labute approximate surface area is 203 Å². The molecule has 0 radical (unpaired) electrons. The van der Waals surface area contributed by atoms with E-state index in [1.807, 2.05) is 0 Å². The van der Waals surface area contributed by atoms with E-state index in [1.54, 1.807) is 0 Å². The van der Waals surface area contributed by atoms with Crippen molar-refractivity contribution in [1.29, 1.82) is 0 Å². The molecular weight excluding hydrogens is 419 g/mol. The van der Waals surface area contributed by atoms with Crippen molar-refractivity contribution in [3.63, 3.8) is 0 Å². The summed E-state index contributed by atoms with van der Waals surface area (Å²) in [6.45, 7) is 2.75. The number of aliphatic hydroxyl groups is 2. The standard InChI is InChI=1S/C20H36N2O6S.Na/c1-2-3-4-5-6-7-8-9-10-11-19(25)20-21-12-13-22(20,14-15-23)16-18(24)17-29(26,27)28;/h7-8,18,23-24H,2-6,9-17H2,1H3;/q;+1/b8-7+;. The number of nitrogens with zero attached hydrogens (tertiary/aromatic N) is 2. The number of hydrogen-bond acceptors (Lipinski definition) is 7. The molecule has 0 bridgehead atoms. The molecule has 2 unspecified atom stereocenters. The molecule has 1 rings (SSSR count). The number of rotatable bonds is 16. The minimum absolute atomic E-state index is 0. The fourth-order valence-electron chi connectivity index (χ4n) is 3.74. The normalized spacial score (nSPS) is 20.2. The Morgan fingerprint density at radius 2 is 1.90 bits per heavy atom. The minimum Gasteiger partial charge on any atom is -0.748 e. The van der Waals surface area contributed by atoms with Crippen molar-refractivity contribution in [2.45, 2.75) is 64.4 Å². The van der Waals surface area contributed by atoms with Gasteiger partial charge in [0, 0.05) is 6.42 Å². The number of allylic oxidation sites excluding steroid dienone is 2. The van der Waals surface area contributed by atoms with Crippen LogP contribution in [0.5, 0.6) is 0 Å². The van der Waals surface area contributed by atoms with Gasteiger partial charge < -0.3 is 14.8 Å². The smallest absolute Gasteiger partial charge is 0.748 e. The van der Waals surface area contributed by atoms with E-state index in [0.29, 0.717) is 25.9 Å². The first kappa shape index (κ1) is 29.9. The van der Waals surface area contributed by atoms with E-state index >= 15 is 0 Å². The van der Waals surface area contributed by atoms with Crippen LogP contribution in [0.4, 0.5) is 0 Å². The summed E-state index contributed by atoms with van der Waals surface area (Å²) in [6, 6.07) is 0. The van der Waals surface area contributed by atoms with Crippen LogP contribution < -0.4 is 29.6 Å². The zero-order valence-corrected chi connectivity index (χ0v) is 21.3. The SMILES string of the molecule is CCCCCC/C=C/CCCC(=O)C1=NCC[N+]1(CCO)CC(O)CS(=O)(=O)[O-].[Na+]. The molecule has 0 saturated carbocycles. The molecule has 0 fully saturated rings. The van der Waals surface area contributed by atoms with Gasteiger partial charge in [-0.25, -0.2) is 13.4 Å². The number of Topliss-reactive ketones (excluding diaryl/α,β-unsaturated/α-hetero) is 1. The van der Waals surface area contributed by atoms with E-state index in [0.717, 1.165) is 12.8 Å². The third kappa shape index (κ3) is 11.5. The van der Waals surface area contributed by atoms with Gasteiger partial charge in [0.15, 0.2) is 0 Å². The molecule has 0 aromatic heterocycles. The number of unbranched alkanes of at least 4 members (excludes halogenated alkanes) is 5. The molecular formula is C20H36N2NaO6S+. The van der Waals surface area contributed by atoms with Crippen molar-refractivity contribution in [3.05, 3.63) is 12.2 Å². The molecule has 0 amide bonds. The van der Waals surface area contributed by atoms with Gasteiger partial charge in [-0.1, -0.05) is 38.3 Å². The third-order valence-corrected chi connectivity index (χ3v) is 5.93. The number of aliphatic imine (C=N–C) groups is 1. The first-order chi connectivity index (χ1) is 13.7. The van der Waals surface area contributed by atoms with E-state index < -0.39 is 22.0 Å². The van der Waals surface area contributed by atoms with Crippen molar-refractivity contribution in [3.8, 4) is 0 Å². The number of carbonyl (C=O) groups excluding carboxylic acids is 1. The summed E-state index contributed by atoms with van der Waals surface area (Å²) in [4.78, 5) is 17.0. The average molecular weight is 456 g/mol. The fraction of sp³-hybridized carbons (Fsp3) is 0.800. The van der Waals surface area contributed by atoms with Gasteiger partial charge in [-0.05, 0) is 25.7 Å². The summed E-state index contributed by atoms with van der Waals surface area (Å²) >= 11 is 0. The Balaban J connectivity index is 0.00000841. The maximum absolute atomic E-state index is 12.7. The van der Waals surface area contributed by atoms with Gasteiger partial charge in [0.1, 0.15) is 25.7 Å². The molecule has 10 heteroatoms. The Morgan fingerprint density at radius 1 is 1.23 bits per heavy atom. The molecule has 1 aliphatic heterocycles. The Hall–Kier alpha value is -0.130. The Morgan fingerprint density at radius 3 is 2.50 bits per heavy atom. The molecule has 2 atom stereocenters. The predicted octanol–water partition coefficient (Wildman–Crippen LogP) is -1.62. The van der Waals surface area contributed by atoms with Crippen molar-refractivity contribution in [2.75, 3.05) is 38.5 Å². The first-order valence-electron chi connectivity index (χ1n) is 10.6. The molecule has 168 valence electrons. The monoisotopic (exact) mass is 455 g/mol. The number of aliphatic hydroxyl groups excluding tert-OH is 2. The number of hydrogen-bond donors (Lipinski definition) is 2. The quantitative estimate of drug-likeness (QED) is 0.0947. The molecule has 8 nitrogen and oxygen atoms in total. The van der Waals surface area contributed by atoms with Crippen molar-refractivity contribution in [2.24, 2.45) is 4.99 Å². The topological polar surface area (TPSA) is 127 Å². The maximum Gasteiger partial charge on any atom is 1.00 e. The Bertz CT molecular complexity index is 668. The molecule has 0 spiro atoms. The first-order valence-corrected chi connectivity index (χ1v) is 12.1. The van der Waals surface area contributed by atoms with Crippen LogP contribution in [0.1, 0.15) is 58.3 Å². The van der Waals surface area contributed by atoms with Gasteiger partial charge in [0.25, 0.3) is 5.84 Å². The summed E-state index contributed by atoms with van der Waals surface area (Å²) in [7, 11) is -4.58.